The molecule has 0 unspecified atom stereocenters. The van der Waals surface area contributed by atoms with Crippen LogP contribution in [0.25, 0.3) is 0 Å². The molecule has 1 heterocycles. The van der Waals surface area contributed by atoms with E-state index in [0.29, 0.717) is 31.0 Å². The van der Waals surface area contributed by atoms with E-state index < -0.39 is 0 Å². The molecule has 0 aromatic heterocycles. The van der Waals surface area contributed by atoms with Gasteiger partial charge in [0.1, 0.15) is 11.2 Å². The SMILES string of the molecule is CC(C)CC(=O)N(C)CCN1C(=O)[C@H](C)S[C@@H]1c1ccccc1F. The van der Waals surface area contributed by atoms with Crippen molar-refractivity contribution in [2.24, 2.45) is 5.92 Å². The first kappa shape index (κ1) is 18.8. The van der Waals surface area contributed by atoms with Crippen molar-refractivity contribution in [1.82, 2.24) is 9.80 Å². The number of amides is 2. The molecule has 4 nitrogen and oxygen atoms in total. The summed E-state index contributed by atoms with van der Waals surface area (Å²) in [6, 6.07) is 6.56. The second-order valence-corrected chi connectivity index (χ2v) is 8.02. The average molecular weight is 352 g/mol. The lowest BCUT2D eigenvalue weighted by molar-refractivity contribution is -0.134. The van der Waals surface area contributed by atoms with Crippen molar-refractivity contribution >= 4 is 23.6 Å². The highest BCUT2D eigenvalue weighted by atomic mass is 32.2. The van der Waals surface area contributed by atoms with Crippen molar-refractivity contribution in [3.05, 3.63) is 35.6 Å². The fourth-order valence-electron chi connectivity index (χ4n) is 2.71. The Morgan fingerprint density at radius 1 is 1.38 bits per heavy atom. The molecule has 2 atom stereocenters. The number of nitrogens with zero attached hydrogens (tertiary/aromatic N) is 2. The fourth-order valence-corrected chi connectivity index (χ4v) is 4.04. The quantitative estimate of drug-likeness (QED) is 0.789. The predicted octanol–water partition coefficient (Wildman–Crippen LogP) is 3.29. The predicted molar refractivity (Wildman–Crippen MR) is 95.0 cm³/mol. The topological polar surface area (TPSA) is 40.6 Å². The van der Waals surface area contributed by atoms with Gasteiger partial charge in [0, 0.05) is 32.1 Å². The van der Waals surface area contributed by atoms with E-state index in [4.69, 9.17) is 0 Å². The second kappa shape index (κ2) is 8.01. The molecule has 0 spiro atoms. The van der Waals surface area contributed by atoms with E-state index in [2.05, 4.69) is 0 Å². The third-order valence-corrected chi connectivity index (χ3v) is 5.48. The number of thioether (sulfide) groups is 1. The van der Waals surface area contributed by atoms with Crippen molar-refractivity contribution in [3.63, 3.8) is 0 Å². The smallest absolute Gasteiger partial charge is 0.236 e. The van der Waals surface area contributed by atoms with E-state index in [-0.39, 0.29) is 28.3 Å². The Balaban J connectivity index is 2.07. The van der Waals surface area contributed by atoms with Crippen molar-refractivity contribution < 1.29 is 14.0 Å². The number of hydrogen-bond donors (Lipinski definition) is 0. The number of hydrogen-bond acceptors (Lipinski definition) is 3. The summed E-state index contributed by atoms with van der Waals surface area (Å²) in [4.78, 5) is 27.8. The summed E-state index contributed by atoms with van der Waals surface area (Å²) in [5.74, 6) is 0.0685. The fraction of sp³-hybridized carbons (Fsp3) is 0.556. The molecule has 0 aliphatic carbocycles. The van der Waals surface area contributed by atoms with Crippen LogP contribution in [0.1, 0.15) is 38.1 Å². The van der Waals surface area contributed by atoms with Crippen LogP contribution in [0, 0.1) is 11.7 Å². The van der Waals surface area contributed by atoms with E-state index in [0.717, 1.165) is 0 Å². The van der Waals surface area contributed by atoms with Crippen molar-refractivity contribution in [3.8, 4) is 0 Å². The largest absolute Gasteiger partial charge is 0.344 e. The van der Waals surface area contributed by atoms with Gasteiger partial charge in [-0.15, -0.1) is 11.8 Å². The van der Waals surface area contributed by atoms with Crippen LogP contribution in [0.4, 0.5) is 4.39 Å². The van der Waals surface area contributed by atoms with Crippen molar-refractivity contribution in [2.75, 3.05) is 20.1 Å². The van der Waals surface area contributed by atoms with Gasteiger partial charge < -0.3 is 9.80 Å². The molecular formula is C18H25FN2O2S. The second-order valence-electron chi connectivity index (χ2n) is 6.60. The van der Waals surface area contributed by atoms with Gasteiger partial charge in [0.25, 0.3) is 0 Å². The van der Waals surface area contributed by atoms with Crippen molar-refractivity contribution in [1.29, 1.82) is 0 Å². The standard InChI is InChI=1S/C18H25FN2O2S/c1-12(2)11-16(22)20(4)9-10-21-17(23)13(3)24-18(21)14-7-5-6-8-15(14)19/h5-8,12-13,18H,9-11H2,1-4H3/t13-,18+/m0/s1. The van der Waals surface area contributed by atoms with E-state index in [1.54, 1.807) is 35.0 Å². The Kier molecular flexibility index (Phi) is 6.27. The molecule has 1 aromatic carbocycles. The number of likely N-dealkylation sites (N-methyl/N-ethyl adjacent to an activating group) is 1. The maximum Gasteiger partial charge on any atom is 0.236 e. The van der Waals surface area contributed by atoms with Gasteiger partial charge in [0.15, 0.2) is 0 Å². The minimum atomic E-state index is -0.331. The number of rotatable bonds is 6. The zero-order valence-corrected chi connectivity index (χ0v) is 15.5. The maximum absolute atomic E-state index is 14.1. The summed E-state index contributed by atoms with van der Waals surface area (Å²) in [7, 11) is 1.75. The van der Waals surface area contributed by atoms with Crippen LogP contribution in [0.15, 0.2) is 24.3 Å². The summed E-state index contributed by atoms with van der Waals surface area (Å²) in [6.45, 7) is 6.71. The lowest BCUT2D eigenvalue weighted by atomic mass is 10.1. The van der Waals surface area contributed by atoms with Crippen LogP contribution in [0.2, 0.25) is 0 Å². The Morgan fingerprint density at radius 3 is 2.67 bits per heavy atom. The average Bonchev–Trinajstić information content (AvgIpc) is 2.80. The van der Waals surface area contributed by atoms with Crippen LogP contribution in [0.3, 0.4) is 0 Å². The molecule has 1 aliphatic heterocycles. The molecule has 1 saturated heterocycles. The maximum atomic E-state index is 14.1. The molecule has 6 heteroatoms. The van der Waals surface area contributed by atoms with Gasteiger partial charge in [-0.2, -0.15) is 0 Å². The number of carbonyl (C=O) groups is 2. The van der Waals surface area contributed by atoms with Gasteiger partial charge in [0.2, 0.25) is 11.8 Å². The molecule has 1 aromatic rings. The third kappa shape index (κ3) is 4.29. The Morgan fingerprint density at radius 2 is 2.04 bits per heavy atom. The molecule has 0 saturated carbocycles. The van der Waals surface area contributed by atoms with Crippen molar-refractivity contribution in [2.45, 2.75) is 37.8 Å². The highest BCUT2D eigenvalue weighted by Gasteiger charge is 2.39. The first-order chi connectivity index (χ1) is 11.3. The molecule has 132 valence electrons. The first-order valence-electron chi connectivity index (χ1n) is 8.25. The van der Waals surface area contributed by atoms with Gasteiger partial charge in [-0.3, -0.25) is 9.59 Å². The van der Waals surface area contributed by atoms with Crippen LogP contribution in [0.5, 0.6) is 0 Å². The van der Waals surface area contributed by atoms with Crippen LogP contribution < -0.4 is 0 Å². The van der Waals surface area contributed by atoms with Crippen LogP contribution in [-0.4, -0.2) is 47.0 Å². The number of benzene rings is 1. The van der Waals surface area contributed by atoms with E-state index in [1.807, 2.05) is 20.8 Å². The van der Waals surface area contributed by atoms with Gasteiger partial charge in [0.05, 0.1) is 5.25 Å². The van der Waals surface area contributed by atoms with Gasteiger partial charge in [-0.25, -0.2) is 4.39 Å². The monoisotopic (exact) mass is 352 g/mol. The normalized spacial score (nSPS) is 20.8. The first-order valence-corrected chi connectivity index (χ1v) is 9.20. The third-order valence-electron chi connectivity index (χ3n) is 4.10. The summed E-state index contributed by atoms with van der Waals surface area (Å²) >= 11 is 1.45. The molecule has 1 aliphatic rings. The lowest BCUT2D eigenvalue weighted by Crippen LogP contribution is -2.39. The summed E-state index contributed by atoms with van der Waals surface area (Å²) in [5.41, 5.74) is 0.524. The molecule has 1 fully saturated rings. The minimum Gasteiger partial charge on any atom is -0.344 e. The molecule has 2 amide bonds. The van der Waals surface area contributed by atoms with Gasteiger partial charge in [-0.05, 0) is 18.9 Å². The Hall–Kier alpha value is -1.56. The molecular weight excluding hydrogens is 327 g/mol. The summed E-state index contributed by atoms with van der Waals surface area (Å²) in [5, 5.41) is -0.534. The van der Waals surface area contributed by atoms with Gasteiger partial charge in [-0.1, -0.05) is 32.0 Å². The lowest BCUT2D eigenvalue weighted by Gasteiger charge is -2.27. The molecule has 24 heavy (non-hydrogen) atoms. The Bertz CT molecular complexity index is 608. The van der Waals surface area contributed by atoms with E-state index in [1.165, 1.54) is 17.8 Å². The number of halogens is 1. The van der Waals surface area contributed by atoms with Crippen LogP contribution >= 0.6 is 11.8 Å². The van der Waals surface area contributed by atoms with E-state index >= 15 is 0 Å². The Labute approximate surface area is 147 Å². The molecule has 2 rings (SSSR count). The number of carbonyl (C=O) groups excluding carboxylic acids is 2. The molecule has 0 N–H and O–H groups in total. The zero-order valence-electron chi connectivity index (χ0n) is 14.7. The van der Waals surface area contributed by atoms with E-state index in [9.17, 15) is 14.0 Å². The van der Waals surface area contributed by atoms with Crippen LogP contribution in [-0.2, 0) is 9.59 Å². The highest BCUT2D eigenvalue weighted by molar-refractivity contribution is 8.01. The minimum absolute atomic E-state index is 0.00189. The zero-order chi connectivity index (χ0) is 17.9. The molecule has 0 radical (unpaired) electrons. The van der Waals surface area contributed by atoms with Gasteiger partial charge >= 0.3 is 0 Å². The summed E-state index contributed by atoms with van der Waals surface area (Å²) in [6.07, 6.45) is 0.492. The molecule has 0 bridgehead atoms. The highest BCUT2D eigenvalue weighted by Crippen LogP contribution is 2.43. The summed E-state index contributed by atoms with van der Waals surface area (Å²) < 4.78 is 14.1.